The normalized spacial score (nSPS) is 10.8. The molecule has 0 aliphatic carbocycles. The lowest BCUT2D eigenvalue weighted by atomic mass is 10.5. The molecule has 0 radical (unpaired) electrons. The van der Waals surface area contributed by atoms with Gasteiger partial charge in [-0.15, -0.1) is 0 Å². The van der Waals surface area contributed by atoms with E-state index in [0.717, 1.165) is 0 Å². The van der Waals surface area contributed by atoms with Crippen molar-refractivity contribution in [3.63, 3.8) is 0 Å². The van der Waals surface area contributed by atoms with Crippen molar-refractivity contribution in [3.8, 4) is 0 Å². The average molecular weight is 177 g/mol. The third-order valence-electron chi connectivity index (χ3n) is 0.780. The van der Waals surface area contributed by atoms with Gasteiger partial charge in [-0.2, -0.15) is 0 Å². The zero-order chi connectivity index (χ0) is 9.72. The molecule has 0 bridgehead atoms. The van der Waals surface area contributed by atoms with E-state index in [1.54, 1.807) is 0 Å². The van der Waals surface area contributed by atoms with E-state index in [1.165, 1.54) is 0 Å². The lowest BCUT2D eigenvalue weighted by molar-refractivity contribution is -0.528. The first-order valence-electron chi connectivity index (χ1n) is 2.54. The van der Waals surface area contributed by atoms with Crippen molar-refractivity contribution in [3.05, 3.63) is 42.2 Å². The largest absolute Gasteiger partial charge is 0.385 e. The van der Waals surface area contributed by atoms with Crippen molar-refractivity contribution in [2.45, 2.75) is 0 Å². The van der Waals surface area contributed by atoms with E-state index in [-0.39, 0.29) is 6.20 Å². The van der Waals surface area contributed by atoms with Crippen LogP contribution in [-0.4, -0.2) is 21.3 Å². The summed E-state index contributed by atoms with van der Waals surface area (Å²) in [6, 6.07) is 0. The molecule has 0 spiro atoms. The Hall–Kier alpha value is -2.06. The third-order valence-corrected chi connectivity index (χ3v) is 0.780. The zero-order valence-corrected chi connectivity index (χ0v) is 5.58. The zero-order valence-electron chi connectivity index (χ0n) is 5.58. The SMILES string of the molecule is O=[N+]([O-])C=C(C[N+](=O)[O-])[N+](=O)[O-]. The number of hydrogen-bond acceptors (Lipinski definition) is 6. The maximum Gasteiger partial charge on any atom is 0.385 e. The molecule has 0 aromatic heterocycles. The molecule has 0 aromatic carbocycles. The Morgan fingerprint density at radius 1 is 1.17 bits per heavy atom. The van der Waals surface area contributed by atoms with Gasteiger partial charge in [-0.1, -0.05) is 0 Å². The summed E-state index contributed by atoms with van der Waals surface area (Å²) in [6.45, 7) is -1.16. The smallest absolute Gasteiger partial charge is 0.264 e. The minimum Gasteiger partial charge on any atom is -0.264 e. The molecule has 0 N–H and O–H groups in total. The van der Waals surface area contributed by atoms with Crippen LogP contribution in [0.2, 0.25) is 0 Å². The van der Waals surface area contributed by atoms with E-state index in [0.29, 0.717) is 0 Å². The van der Waals surface area contributed by atoms with Crippen LogP contribution in [0.1, 0.15) is 0 Å². The van der Waals surface area contributed by atoms with Gasteiger partial charge in [0.15, 0.2) is 0 Å². The molecule has 0 aromatic rings. The molecule has 9 nitrogen and oxygen atoms in total. The average Bonchev–Trinajstić information content (AvgIpc) is 1.83. The van der Waals surface area contributed by atoms with Gasteiger partial charge in [0.2, 0.25) is 0 Å². The highest BCUT2D eigenvalue weighted by Gasteiger charge is 2.22. The standard InChI is InChI=1S/C3H3N3O6/c7-4(8)1-3(6(11)12)2-5(9)10/h1H,2H2. The molecule has 0 saturated heterocycles. The molecule has 66 valence electrons. The minimum atomic E-state index is -1.16. The van der Waals surface area contributed by atoms with Crippen molar-refractivity contribution < 1.29 is 14.8 Å². The predicted octanol–water partition coefficient (Wildman–Crippen LogP) is -0.342. The van der Waals surface area contributed by atoms with Crippen LogP contribution in [0.15, 0.2) is 11.9 Å². The van der Waals surface area contributed by atoms with Crippen molar-refractivity contribution >= 4 is 0 Å². The second-order valence-electron chi connectivity index (χ2n) is 1.65. The number of nitrogens with zero attached hydrogens (tertiary/aromatic N) is 3. The fourth-order valence-electron chi connectivity index (χ4n) is 0.400. The van der Waals surface area contributed by atoms with E-state index in [2.05, 4.69) is 0 Å². The molecule has 9 heteroatoms. The highest BCUT2D eigenvalue weighted by molar-refractivity contribution is 4.84. The number of hydrogen-bond donors (Lipinski definition) is 0. The first-order chi connectivity index (χ1) is 5.43. The summed E-state index contributed by atoms with van der Waals surface area (Å²) >= 11 is 0. The van der Waals surface area contributed by atoms with Gasteiger partial charge in [0.05, 0.1) is 9.85 Å². The van der Waals surface area contributed by atoms with Crippen molar-refractivity contribution in [1.82, 2.24) is 0 Å². The summed E-state index contributed by atoms with van der Waals surface area (Å²) in [4.78, 5) is 26.0. The molecular weight excluding hydrogens is 174 g/mol. The van der Waals surface area contributed by atoms with Gasteiger partial charge < -0.3 is 0 Å². The quantitative estimate of drug-likeness (QED) is 0.426. The number of nitro groups is 3. The van der Waals surface area contributed by atoms with Crippen molar-refractivity contribution in [2.75, 3.05) is 6.54 Å². The molecule has 12 heavy (non-hydrogen) atoms. The molecular formula is C3H3N3O6. The van der Waals surface area contributed by atoms with Gasteiger partial charge in [-0.05, 0) is 0 Å². The molecule has 0 rings (SSSR count). The highest BCUT2D eigenvalue weighted by Crippen LogP contribution is 1.95. The second kappa shape index (κ2) is 3.95. The molecule has 0 aliphatic heterocycles. The monoisotopic (exact) mass is 177 g/mol. The molecule has 0 amide bonds. The van der Waals surface area contributed by atoms with Crippen LogP contribution in [0.3, 0.4) is 0 Å². The molecule has 0 saturated carbocycles. The van der Waals surface area contributed by atoms with E-state index in [9.17, 15) is 30.3 Å². The topological polar surface area (TPSA) is 129 Å². The summed E-state index contributed by atoms with van der Waals surface area (Å²) in [7, 11) is 0. The maximum atomic E-state index is 9.90. The fraction of sp³-hybridized carbons (Fsp3) is 0.333. The number of rotatable bonds is 4. The third kappa shape index (κ3) is 3.87. The Bertz CT molecular complexity index is 257. The lowest BCUT2D eigenvalue weighted by Gasteiger charge is -1.88. The molecule has 0 atom stereocenters. The highest BCUT2D eigenvalue weighted by atomic mass is 16.6. The first-order valence-corrected chi connectivity index (χ1v) is 2.54. The molecule has 0 fully saturated rings. The van der Waals surface area contributed by atoms with Gasteiger partial charge in [0.1, 0.15) is 0 Å². The van der Waals surface area contributed by atoms with E-state index < -0.39 is 27.0 Å². The van der Waals surface area contributed by atoms with Gasteiger partial charge in [0.25, 0.3) is 6.54 Å². The second-order valence-corrected chi connectivity index (χ2v) is 1.65. The van der Waals surface area contributed by atoms with Gasteiger partial charge in [-0.25, -0.2) is 0 Å². The van der Waals surface area contributed by atoms with E-state index in [1.807, 2.05) is 0 Å². The van der Waals surface area contributed by atoms with Gasteiger partial charge in [-0.3, -0.25) is 30.3 Å². The van der Waals surface area contributed by atoms with Crippen LogP contribution in [0.5, 0.6) is 0 Å². The lowest BCUT2D eigenvalue weighted by Crippen LogP contribution is -2.12. The molecule has 0 aliphatic rings. The van der Waals surface area contributed by atoms with Gasteiger partial charge in [0, 0.05) is 4.92 Å². The van der Waals surface area contributed by atoms with E-state index >= 15 is 0 Å². The van der Waals surface area contributed by atoms with Crippen LogP contribution in [-0.2, 0) is 0 Å². The Balaban J connectivity index is 4.55. The Morgan fingerprint density at radius 3 is 1.92 bits per heavy atom. The summed E-state index contributed by atoms with van der Waals surface area (Å²) in [5.41, 5.74) is -1.05. The van der Waals surface area contributed by atoms with Crippen LogP contribution >= 0.6 is 0 Å². The van der Waals surface area contributed by atoms with Crippen LogP contribution in [0.4, 0.5) is 0 Å². The van der Waals surface area contributed by atoms with Crippen molar-refractivity contribution in [2.24, 2.45) is 0 Å². The fourth-order valence-corrected chi connectivity index (χ4v) is 0.400. The summed E-state index contributed by atoms with van der Waals surface area (Å²) < 4.78 is 0. The summed E-state index contributed by atoms with van der Waals surface area (Å²) in [5, 5.41) is 29.3. The van der Waals surface area contributed by atoms with Crippen LogP contribution < -0.4 is 0 Å². The summed E-state index contributed by atoms with van der Waals surface area (Å²) in [5.74, 6) is 0. The van der Waals surface area contributed by atoms with Crippen LogP contribution in [0, 0.1) is 30.3 Å². The summed E-state index contributed by atoms with van der Waals surface area (Å²) in [6.07, 6.45) is 0.00278. The Kier molecular flexibility index (Phi) is 3.27. The molecule has 0 unspecified atom stereocenters. The van der Waals surface area contributed by atoms with E-state index in [4.69, 9.17) is 0 Å². The van der Waals surface area contributed by atoms with Gasteiger partial charge >= 0.3 is 11.9 Å². The Labute approximate surface area is 64.7 Å². The van der Waals surface area contributed by atoms with Crippen LogP contribution in [0.25, 0.3) is 0 Å². The minimum absolute atomic E-state index is 0.00278. The molecule has 0 heterocycles. The maximum absolute atomic E-state index is 9.90. The van der Waals surface area contributed by atoms with Crippen molar-refractivity contribution in [1.29, 1.82) is 0 Å². The Morgan fingerprint density at radius 2 is 1.67 bits per heavy atom. The predicted molar refractivity (Wildman–Crippen MR) is 33.9 cm³/mol. The first kappa shape index (κ1) is 9.94.